The number of carboxylic acids is 1. The molecule has 1 heterocycles. The Hall–Kier alpha value is -1.78. The van der Waals surface area contributed by atoms with Crippen molar-refractivity contribution in [3.63, 3.8) is 0 Å². The highest BCUT2D eigenvalue weighted by Gasteiger charge is 2.11. The van der Waals surface area contributed by atoms with Crippen LogP contribution in [0.2, 0.25) is 10.2 Å². The van der Waals surface area contributed by atoms with E-state index in [2.05, 4.69) is 10.3 Å². The van der Waals surface area contributed by atoms with E-state index in [0.717, 1.165) is 12.0 Å². The summed E-state index contributed by atoms with van der Waals surface area (Å²) in [4.78, 5) is 15.1. The molecular formula is C14H12Cl2N2O2. The van der Waals surface area contributed by atoms with Gasteiger partial charge in [0, 0.05) is 11.6 Å². The zero-order valence-corrected chi connectivity index (χ0v) is 11.9. The van der Waals surface area contributed by atoms with Crippen LogP contribution in [0.4, 0.5) is 5.82 Å². The topological polar surface area (TPSA) is 62.2 Å². The quantitative estimate of drug-likeness (QED) is 0.826. The van der Waals surface area contributed by atoms with Gasteiger partial charge in [-0.05, 0) is 36.2 Å². The Kier molecular flexibility index (Phi) is 4.82. The largest absolute Gasteiger partial charge is 0.478 e. The van der Waals surface area contributed by atoms with Gasteiger partial charge in [0.05, 0.1) is 0 Å². The SMILES string of the molecule is O=C(O)c1ccc(Cl)nc1NCCc1ccc(Cl)cc1. The second kappa shape index (κ2) is 6.59. The fourth-order valence-electron chi connectivity index (χ4n) is 1.72. The third kappa shape index (κ3) is 3.85. The molecule has 0 amide bonds. The van der Waals surface area contributed by atoms with Gasteiger partial charge in [-0.1, -0.05) is 35.3 Å². The van der Waals surface area contributed by atoms with Crippen molar-refractivity contribution >= 4 is 35.0 Å². The Balaban J connectivity index is 2.02. The lowest BCUT2D eigenvalue weighted by Crippen LogP contribution is -2.11. The van der Waals surface area contributed by atoms with E-state index in [0.29, 0.717) is 11.6 Å². The number of rotatable bonds is 5. The maximum Gasteiger partial charge on any atom is 0.339 e. The zero-order chi connectivity index (χ0) is 14.5. The van der Waals surface area contributed by atoms with Crippen molar-refractivity contribution in [3.05, 3.63) is 57.7 Å². The second-order valence-electron chi connectivity index (χ2n) is 4.14. The van der Waals surface area contributed by atoms with Gasteiger partial charge in [-0.3, -0.25) is 0 Å². The molecule has 2 N–H and O–H groups in total. The molecule has 20 heavy (non-hydrogen) atoms. The summed E-state index contributed by atoms with van der Waals surface area (Å²) in [6.07, 6.45) is 0.727. The molecule has 0 saturated carbocycles. The van der Waals surface area contributed by atoms with Crippen LogP contribution in [0.25, 0.3) is 0 Å². The highest BCUT2D eigenvalue weighted by molar-refractivity contribution is 6.30. The number of anilines is 1. The standard InChI is InChI=1S/C14H12Cl2N2O2/c15-10-3-1-9(2-4-10)7-8-17-13-11(14(19)20)5-6-12(16)18-13/h1-6H,7-8H2,(H,17,18)(H,19,20). The number of nitrogens with zero attached hydrogens (tertiary/aromatic N) is 1. The van der Waals surface area contributed by atoms with Gasteiger partial charge in [0.25, 0.3) is 0 Å². The molecule has 2 aromatic rings. The molecule has 0 aliphatic heterocycles. The first-order chi connectivity index (χ1) is 9.56. The third-order valence-electron chi connectivity index (χ3n) is 2.71. The fraction of sp³-hybridized carbons (Fsp3) is 0.143. The van der Waals surface area contributed by atoms with Crippen LogP contribution in [0.1, 0.15) is 15.9 Å². The van der Waals surface area contributed by atoms with Crippen LogP contribution in [-0.4, -0.2) is 22.6 Å². The average Bonchev–Trinajstić information content (AvgIpc) is 2.41. The van der Waals surface area contributed by atoms with Crippen molar-refractivity contribution in [2.24, 2.45) is 0 Å². The molecule has 0 atom stereocenters. The smallest absolute Gasteiger partial charge is 0.339 e. The number of aromatic nitrogens is 1. The van der Waals surface area contributed by atoms with E-state index in [9.17, 15) is 4.79 Å². The minimum Gasteiger partial charge on any atom is -0.478 e. The molecule has 0 radical (unpaired) electrons. The summed E-state index contributed by atoms with van der Waals surface area (Å²) in [5.74, 6) is -0.762. The van der Waals surface area contributed by atoms with E-state index in [-0.39, 0.29) is 16.5 Å². The maximum atomic E-state index is 11.1. The highest BCUT2D eigenvalue weighted by Crippen LogP contribution is 2.17. The molecule has 0 saturated heterocycles. The summed E-state index contributed by atoms with van der Waals surface area (Å²) in [6, 6.07) is 10.4. The Labute approximate surface area is 126 Å². The first kappa shape index (κ1) is 14.6. The molecule has 0 spiro atoms. The third-order valence-corrected chi connectivity index (χ3v) is 3.17. The van der Waals surface area contributed by atoms with Crippen LogP contribution < -0.4 is 5.32 Å². The predicted octanol–water partition coefficient (Wildman–Crippen LogP) is 3.74. The van der Waals surface area contributed by atoms with Gasteiger partial charge in [0.2, 0.25) is 0 Å². The lowest BCUT2D eigenvalue weighted by atomic mass is 10.1. The van der Waals surface area contributed by atoms with E-state index >= 15 is 0 Å². The molecule has 1 aromatic carbocycles. The van der Waals surface area contributed by atoms with E-state index in [1.165, 1.54) is 12.1 Å². The van der Waals surface area contributed by atoms with Gasteiger partial charge in [-0.2, -0.15) is 0 Å². The summed E-state index contributed by atoms with van der Waals surface area (Å²) in [5.41, 5.74) is 1.20. The molecule has 0 fully saturated rings. The molecule has 0 unspecified atom stereocenters. The van der Waals surface area contributed by atoms with Crippen molar-refractivity contribution in [2.75, 3.05) is 11.9 Å². The summed E-state index contributed by atoms with van der Waals surface area (Å²) < 4.78 is 0. The summed E-state index contributed by atoms with van der Waals surface area (Å²) in [5, 5.41) is 13.0. The van der Waals surface area contributed by atoms with Gasteiger partial charge in [0.1, 0.15) is 16.5 Å². The van der Waals surface area contributed by atoms with Gasteiger partial charge in [-0.25, -0.2) is 9.78 Å². The summed E-state index contributed by atoms with van der Waals surface area (Å²) >= 11 is 11.6. The first-order valence-electron chi connectivity index (χ1n) is 5.94. The molecule has 6 heteroatoms. The minimum atomic E-state index is -1.04. The molecule has 1 aromatic heterocycles. The van der Waals surface area contributed by atoms with Crippen LogP contribution in [-0.2, 0) is 6.42 Å². The van der Waals surface area contributed by atoms with Crippen molar-refractivity contribution in [2.45, 2.75) is 6.42 Å². The molecule has 0 bridgehead atoms. The number of hydrogen-bond acceptors (Lipinski definition) is 3. The second-order valence-corrected chi connectivity index (χ2v) is 4.96. The van der Waals surface area contributed by atoms with Crippen LogP contribution >= 0.6 is 23.2 Å². The van der Waals surface area contributed by atoms with Gasteiger partial charge in [0.15, 0.2) is 0 Å². The maximum absolute atomic E-state index is 11.1. The summed E-state index contributed by atoms with van der Waals surface area (Å²) in [6.45, 7) is 0.551. The van der Waals surface area contributed by atoms with Gasteiger partial charge >= 0.3 is 5.97 Å². The number of carboxylic acid groups (broad SMARTS) is 1. The Morgan fingerprint density at radius 2 is 1.85 bits per heavy atom. The van der Waals surface area contributed by atoms with Gasteiger partial charge in [-0.15, -0.1) is 0 Å². The van der Waals surface area contributed by atoms with Gasteiger partial charge < -0.3 is 10.4 Å². The van der Waals surface area contributed by atoms with Crippen molar-refractivity contribution in [3.8, 4) is 0 Å². The Morgan fingerprint density at radius 1 is 1.15 bits per heavy atom. The van der Waals surface area contributed by atoms with E-state index in [4.69, 9.17) is 28.3 Å². The monoisotopic (exact) mass is 310 g/mol. The lowest BCUT2D eigenvalue weighted by molar-refractivity contribution is 0.0697. The van der Waals surface area contributed by atoms with E-state index in [1.54, 1.807) is 0 Å². The van der Waals surface area contributed by atoms with Crippen molar-refractivity contribution in [1.29, 1.82) is 0 Å². The number of halogens is 2. The van der Waals surface area contributed by atoms with Crippen LogP contribution in [0.15, 0.2) is 36.4 Å². The summed E-state index contributed by atoms with van der Waals surface area (Å²) in [7, 11) is 0. The molecule has 0 aliphatic carbocycles. The molecule has 4 nitrogen and oxygen atoms in total. The van der Waals surface area contributed by atoms with E-state index in [1.807, 2.05) is 24.3 Å². The van der Waals surface area contributed by atoms with Crippen molar-refractivity contribution < 1.29 is 9.90 Å². The fourth-order valence-corrected chi connectivity index (χ4v) is 1.99. The predicted molar refractivity (Wildman–Crippen MR) is 79.9 cm³/mol. The zero-order valence-electron chi connectivity index (χ0n) is 10.4. The van der Waals surface area contributed by atoms with Crippen molar-refractivity contribution in [1.82, 2.24) is 4.98 Å². The number of carbonyl (C=O) groups is 1. The Morgan fingerprint density at radius 3 is 2.50 bits per heavy atom. The number of benzene rings is 1. The number of hydrogen-bond donors (Lipinski definition) is 2. The molecular weight excluding hydrogens is 299 g/mol. The van der Waals surface area contributed by atoms with Crippen LogP contribution in [0.3, 0.4) is 0 Å². The Bertz CT molecular complexity index is 615. The average molecular weight is 311 g/mol. The van der Waals surface area contributed by atoms with E-state index < -0.39 is 5.97 Å². The number of nitrogens with one attached hydrogen (secondary N) is 1. The lowest BCUT2D eigenvalue weighted by Gasteiger charge is -2.09. The highest BCUT2D eigenvalue weighted by atomic mass is 35.5. The van der Waals surface area contributed by atoms with Crippen LogP contribution in [0, 0.1) is 0 Å². The number of aromatic carboxylic acids is 1. The first-order valence-corrected chi connectivity index (χ1v) is 6.70. The van der Waals surface area contributed by atoms with Crippen LogP contribution in [0.5, 0.6) is 0 Å². The minimum absolute atomic E-state index is 0.102. The number of pyridine rings is 1. The normalized spacial score (nSPS) is 10.3. The molecule has 104 valence electrons. The molecule has 2 rings (SSSR count). The molecule has 0 aliphatic rings.